The summed E-state index contributed by atoms with van der Waals surface area (Å²) >= 11 is 0. The first-order valence-electron chi connectivity index (χ1n) is 8.39. The zero-order chi connectivity index (χ0) is 16.3. The number of carbonyl (C=O) groups is 1. The smallest absolute Gasteiger partial charge is 0.407 e. The minimum absolute atomic E-state index is 0.0563. The monoisotopic (exact) mass is 313 g/mol. The molecule has 2 rings (SSSR count). The van der Waals surface area contributed by atoms with Crippen LogP contribution in [0.2, 0.25) is 0 Å². The Morgan fingerprint density at radius 3 is 2.82 bits per heavy atom. The maximum absolute atomic E-state index is 12.0. The molecule has 1 saturated carbocycles. The van der Waals surface area contributed by atoms with Gasteiger partial charge in [-0.25, -0.2) is 4.79 Å². The molecule has 0 bridgehead atoms. The van der Waals surface area contributed by atoms with Crippen molar-refractivity contribution in [3.63, 3.8) is 0 Å². The average Bonchev–Trinajstić information content (AvgIpc) is 2.86. The second kappa shape index (κ2) is 7.15. The van der Waals surface area contributed by atoms with Gasteiger partial charge in [0.05, 0.1) is 12.7 Å². The molecule has 128 valence electrons. The first kappa shape index (κ1) is 17.5. The van der Waals surface area contributed by atoms with E-state index < -0.39 is 5.60 Å². The van der Waals surface area contributed by atoms with Crippen LogP contribution in [0.4, 0.5) is 4.79 Å². The summed E-state index contributed by atoms with van der Waals surface area (Å²) in [5, 5.41) is 2.94. The Hall–Kier alpha value is -0.850. The van der Waals surface area contributed by atoms with E-state index in [1.807, 2.05) is 27.7 Å². The Bertz CT molecular complexity index is 383. The van der Waals surface area contributed by atoms with Crippen molar-refractivity contribution >= 4 is 6.09 Å². The van der Waals surface area contributed by atoms with Gasteiger partial charge in [-0.3, -0.25) is 4.90 Å². The van der Waals surface area contributed by atoms with Crippen LogP contribution in [0.3, 0.4) is 0 Å². The van der Waals surface area contributed by atoms with E-state index in [-0.39, 0.29) is 18.2 Å². The first-order valence-corrected chi connectivity index (χ1v) is 8.39. The van der Waals surface area contributed by atoms with Crippen molar-refractivity contribution < 1.29 is 14.3 Å². The summed E-state index contributed by atoms with van der Waals surface area (Å²) in [5.74, 6) is 0. The fraction of sp³-hybridized carbons (Fsp3) is 0.938. The highest BCUT2D eigenvalue weighted by atomic mass is 16.6. The zero-order valence-electron chi connectivity index (χ0n) is 14.3. The Kier molecular flexibility index (Phi) is 5.69. The van der Waals surface area contributed by atoms with E-state index in [1.54, 1.807) is 0 Å². The van der Waals surface area contributed by atoms with E-state index in [4.69, 9.17) is 15.2 Å². The SMILES string of the molecule is CC(NC(=O)OC(C)(C)C)C(CN)N1CCOC2CCCC21. The molecule has 0 aromatic heterocycles. The van der Waals surface area contributed by atoms with Crippen molar-refractivity contribution in [2.45, 2.75) is 76.8 Å². The fourth-order valence-electron chi connectivity index (χ4n) is 3.58. The number of nitrogens with two attached hydrogens (primary N) is 1. The molecule has 0 aromatic carbocycles. The lowest BCUT2D eigenvalue weighted by Gasteiger charge is -2.44. The van der Waals surface area contributed by atoms with Crippen LogP contribution in [0.1, 0.15) is 47.0 Å². The van der Waals surface area contributed by atoms with Crippen LogP contribution in [0.25, 0.3) is 0 Å². The van der Waals surface area contributed by atoms with Gasteiger partial charge in [-0.15, -0.1) is 0 Å². The molecule has 1 saturated heterocycles. The number of rotatable bonds is 4. The van der Waals surface area contributed by atoms with Gasteiger partial charge in [0.2, 0.25) is 0 Å². The third kappa shape index (κ3) is 4.33. The van der Waals surface area contributed by atoms with Gasteiger partial charge in [-0.05, 0) is 47.0 Å². The molecule has 6 nitrogen and oxygen atoms in total. The van der Waals surface area contributed by atoms with E-state index in [2.05, 4.69) is 10.2 Å². The summed E-state index contributed by atoms with van der Waals surface area (Å²) in [5.41, 5.74) is 5.53. The van der Waals surface area contributed by atoms with Gasteiger partial charge in [0.1, 0.15) is 5.60 Å². The summed E-state index contributed by atoms with van der Waals surface area (Å²) in [6, 6.07) is 0.492. The molecule has 0 radical (unpaired) electrons. The molecule has 0 aromatic rings. The molecule has 0 spiro atoms. The molecular formula is C16H31N3O3. The highest BCUT2D eigenvalue weighted by Gasteiger charge is 2.40. The predicted octanol–water partition coefficient (Wildman–Crippen LogP) is 1.48. The summed E-state index contributed by atoms with van der Waals surface area (Å²) in [7, 11) is 0. The van der Waals surface area contributed by atoms with E-state index >= 15 is 0 Å². The number of amides is 1. The van der Waals surface area contributed by atoms with E-state index in [0.29, 0.717) is 18.7 Å². The van der Waals surface area contributed by atoms with Crippen molar-refractivity contribution in [3.05, 3.63) is 0 Å². The van der Waals surface area contributed by atoms with Crippen molar-refractivity contribution in [1.29, 1.82) is 0 Å². The van der Waals surface area contributed by atoms with Gasteiger partial charge in [-0.2, -0.15) is 0 Å². The molecule has 1 amide bonds. The Labute approximate surface area is 133 Å². The second-order valence-electron chi connectivity index (χ2n) is 7.38. The Morgan fingerprint density at radius 2 is 2.18 bits per heavy atom. The van der Waals surface area contributed by atoms with E-state index in [1.165, 1.54) is 6.42 Å². The third-order valence-electron chi connectivity index (χ3n) is 4.51. The summed E-state index contributed by atoms with van der Waals surface area (Å²) in [6.07, 6.45) is 3.44. The zero-order valence-corrected chi connectivity index (χ0v) is 14.3. The maximum Gasteiger partial charge on any atom is 0.407 e. The summed E-state index contributed by atoms with van der Waals surface area (Å²) in [4.78, 5) is 14.4. The number of alkyl carbamates (subject to hydrolysis) is 1. The predicted molar refractivity (Wildman–Crippen MR) is 85.8 cm³/mol. The topological polar surface area (TPSA) is 76.8 Å². The lowest BCUT2D eigenvalue weighted by atomic mass is 10.0. The molecule has 1 aliphatic heterocycles. The maximum atomic E-state index is 12.0. The summed E-state index contributed by atoms with van der Waals surface area (Å²) < 4.78 is 11.2. The lowest BCUT2D eigenvalue weighted by molar-refractivity contribution is -0.0746. The third-order valence-corrected chi connectivity index (χ3v) is 4.51. The average molecular weight is 313 g/mol. The van der Waals surface area contributed by atoms with Gasteiger partial charge in [0.15, 0.2) is 0 Å². The van der Waals surface area contributed by atoms with Gasteiger partial charge in [0.25, 0.3) is 0 Å². The Balaban J connectivity index is 1.96. The van der Waals surface area contributed by atoms with Crippen LogP contribution < -0.4 is 11.1 Å². The lowest BCUT2D eigenvalue weighted by Crippen LogP contribution is -2.61. The van der Waals surface area contributed by atoms with E-state index in [0.717, 1.165) is 26.0 Å². The minimum Gasteiger partial charge on any atom is -0.444 e. The van der Waals surface area contributed by atoms with Crippen LogP contribution >= 0.6 is 0 Å². The number of morpholine rings is 1. The van der Waals surface area contributed by atoms with Crippen LogP contribution in [-0.4, -0.2) is 60.5 Å². The number of fused-ring (bicyclic) bond motifs is 1. The number of nitrogens with one attached hydrogen (secondary N) is 1. The molecule has 2 fully saturated rings. The van der Waals surface area contributed by atoms with Crippen molar-refractivity contribution in [3.8, 4) is 0 Å². The standard InChI is InChI=1S/C16H31N3O3/c1-11(18-15(20)22-16(2,3)4)13(10-17)19-8-9-21-14-7-5-6-12(14)19/h11-14H,5-10,17H2,1-4H3,(H,18,20). The van der Waals surface area contributed by atoms with Crippen LogP contribution in [0, 0.1) is 0 Å². The summed E-state index contributed by atoms with van der Waals surface area (Å²) in [6.45, 7) is 9.73. The number of ether oxygens (including phenoxy) is 2. The molecule has 4 atom stereocenters. The second-order valence-corrected chi connectivity index (χ2v) is 7.38. The van der Waals surface area contributed by atoms with Crippen molar-refractivity contribution in [1.82, 2.24) is 10.2 Å². The number of hydrogen-bond acceptors (Lipinski definition) is 5. The number of nitrogens with zero attached hydrogens (tertiary/aromatic N) is 1. The molecule has 1 aliphatic carbocycles. The normalized spacial score (nSPS) is 28.8. The number of hydrogen-bond donors (Lipinski definition) is 2. The molecule has 6 heteroatoms. The molecule has 1 heterocycles. The quantitative estimate of drug-likeness (QED) is 0.822. The molecule has 2 aliphatic rings. The van der Waals surface area contributed by atoms with Crippen LogP contribution in [0.5, 0.6) is 0 Å². The van der Waals surface area contributed by atoms with Crippen LogP contribution in [0.15, 0.2) is 0 Å². The minimum atomic E-state index is -0.489. The molecular weight excluding hydrogens is 282 g/mol. The molecule has 22 heavy (non-hydrogen) atoms. The van der Waals surface area contributed by atoms with Gasteiger partial charge in [-0.1, -0.05) is 0 Å². The van der Waals surface area contributed by atoms with Crippen LogP contribution in [-0.2, 0) is 9.47 Å². The molecule has 4 unspecified atom stereocenters. The van der Waals surface area contributed by atoms with Crippen molar-refractivity contribution in [2.75, 3.05) is 19.7 Å². The number of carbonyl (C=O) groups excluding carboxylic acids is 1. The van der Waals surface area contributed by atoms with Gasteiger partial charge < -0.3 is 20.5 Å². The first-order chi connectivity index (χ1) is 10.3. The van der Waals surface area contributed by atoms with Gasteiger partial charge >= 0.3 is 6.09 Å². The fourth-order valence-corrected chi connectivity index (χ4v) is 3.58. The van der Waals surface area contributed by atoms with Crippen molar-refractivity contribution in [2.24, 2.45) is 5.73 Å². The largest absolute Gasteiger partial charge is 0.444 e. The Morgan fingerprint density at radius 1 is 1.45 bits per heavy atom. The highest BCUT2D eigenvalue weighted by Crippen LogP contribution is 2.31. The highest BCUT2D eigenvalue weighted by molar-refractivity contribution is 5.68. The molecule has 3 N–H and O–H groups in total. The van der Waals surface area contributed by atoms with E-state index in [9.17, 15) is 4.79 Å². The van der Waals surface area contributed by atoms with Gasteiger partial charge in [0, 0.05) is 31.2 Å².